The van der Waals surface area contributed by atoms with E-state index < -0.39 is 0 Å². The molecule has 0 aromatic heterocycles. The standard InChI is InChI=1S/C10H14ClNO/c1-7(2)9-3-8(6-13-12)4-10(11)5-9/h3-5,7H,6,12H2,1-2H3. The molecular weight excluding hydrogens is 186 g/mol. The predicted octanol–water partition coefficient (Wildman–Crippen LogP) is 2.85. The maximum Gasteiger partial charge on any atom is 0.0930 e. The first-order valence-corrected chi connectivity index (χ1v) is 4.62. The van der Waals surface area contributed by atoms with Crippen LogP contribution < -0.4 is 5.90 Å². The molecule has 0 aliphatic rings. The highest BCUT2D eigenvalue weighted by Crippen LogP contribution is 2.21. The van der Waals surface area contributed by atoms with E-state index in [1.54, 1.807) is 0 Å². The van der Waals surface area contributed by atoms with Gasteiger partial charge in [0, 0.05) is 5.02 Å². The predicted molar refractivity (Wildman–Crippen MR) is 54.5 cm³/mol. The number of rotatable bonds is 3. The molecule has 0 aliphatic heterocycles. The highest BCUT2D eigenvalue weighted by atomic mass is 35.5. The Labute approximate surface area is 83.6 Å². The van der Waals surface area contributed by atoms with Crippen molar-refractivity contribution < 1.29 is 4.84 Å². The zero-order chi connectivity index (χ0) is 9.84. The van der Waals surface area contributed by atoms with Crippen LogP contribution in [0, 0.1) is 0 Å². The molecule has 0 unspecified atom stereocenters. The molecule has 0 saturated heterocycles. The van der Waals surface area contributed by atoms with Crippen LogP contribution in [0.15, 0.2) is 18.2 Å². The molecule has 13 heavy (non-hydrogen) atoms. The summed E-state index contributed by atoms with van der Waals surface area (Å²) in [4.78, 5) is 4.56. The molecule has 2 N–H and O–H groups in total. The third-order valence-corrected chi connectivity index (χ3v) is 2.11. The first-order chi connectivity index (χ1) is 6.13. The minimum atomic E-state index is 0.403. The monoisotopic (exact) mass is 199 g/mol. The number of benzene rings is 1. The molecule has 1 aromatic carbocycles. The van der Waals surface area contributed by atoms with Gasteiger partial charge in [0.1, 0.15) is 0 Å². The van der Waals surface area contributed by atoms with E-state index in [9.17, 15) is 0 Å². The summed E-state index contributed by atoms with van der Waals surface area (Å²) in [5.41, 5.74) is 2.22. The molecule has 0 spiro atoms. The summed E-state index contributed by atoms with van der Waals surface area (Å²) in [6.45, 7) is 4.65. The second-order valence-electron chi connectivity index (χ2n) is 3.36. The SMILES string of the molecule is CC(C)c1cc(Cl)cc(CON)c1. The summed E-state index contributed by atoms with van der Waals surface area (Å²) in [6, 6.07) is 5.88. The smallest absolute Gasteiger partial charge is 0.0930 e. The van der Waals surface area contributed by atoms with Crippen molar-refractivity contribution in [2.75, 3.05) is 0 Å². The highest BCUT2D eigenvalue weighted by Gasteiger charge is 2.03. The fraction of sp³-hybridized carbons (Fsp3) is 0.400. The van der Waals surface area contributed by atoms with E-state index in [2.05, 4.69) is 24.8 Å². The Kier molecular flexibility index (Phi) is 3.72. The van der Waals surface area contributed by atoms with Crippen molar-refractivity contribution in [1.29, 1.82) is 0 Å². The van der Waals surface area contributed by atoms with Gasteiger partial charge in [0.2, 0.25) is 0 Å². The lowest BCUT2D eigenvalue weighted by Crippen LogP contribution is -2.00. The lowest BCUT2D eigenvalue weighted by Gasteiger charge is -2.08. The summed E-state index contributed by atoms with van der Waals surface area (Å²) in [6.07, 6.45) is 0. The second-order valence-corrected chi connectivity index (χ2v) is 3.79. The quantitative estimate of drug-likeness (QED) is 0.760. The molecule has 0 fully saturated rings. The Morgan fingerprint density at radius 1 is 1.38 bits per heavy atom. The maximum atomic E-state index is 5.93. The van der Waals surface area contributed by atoms with Crippen molar-refractivity contribution in [3.05, 3.63) is 34.3 Å². The van der Waals surface area contributed by atoms with Gasteiger partial charge in [0.05, 0.1) is 6.61 Å². The van der Waals surface area contributed by atoms with Crippen LogP contribution in [0.5, 0.6) is 0 Å². The molecule has 0 aliphatic carbocycles. The zero-order valence-electron chi connectivity index (χ0n) is 7.88. The van der Waals surface area contributed by atoms with Crippen LogP contribution in [-0.4, -0.2) is 0 Å². The first kappa shape index (κ1) is 10.5. The Morgan fingerprint density at radius 3 is 2.62 bits per heavy atom. The van der Waals surface area contributed by atoms with Gasteiger partial charge in [-0.15, -0.1) is 0 Å². The average molecular weight is 200 g/mol. The van der Waals surface area contributed by atoms with Gasteiger partial charge in [0.25, 0.3) is 0 Å². The van der Waals surface area contributed by atoms with Crippen LogP contribution in [0.2, 0.25) is 5.02 Å². The molecule has 0 amide bonds. The molecule has 0 heterocycles. The van der Waals surface area contributed by atoms with Crippen molar-refractivity contribution >= 4 is 11.6 Å². The van der Waals surface area contributed by atoms with Gasteiger partial charge in [-0.25, -0.2) is 5.90 Å². The lowest BCUT2D eigenvalue weighted by atomic mass is 10.0. The van der Waals surface area contributed by atoms with E-state index in [1.807, 2.05) is 12.1 Å². The van der Waals surface area contributed by atoms with Crippen molar-refractivity contribution in [1.82, 2.24) is 0 Å². The van der Waals surface area contributed by atoms with Gasteiger partial charge in [-0.2, -0.15) is 0 Å². The third kappa shape index (κ3) is 2.99. The largest absolute Gasteiger partial charge is 0.300 e. The van der Waals surface area contributed by atoms with Gasteiger partial charge in [0.15, 0.2) is 0 Å². The van der Waals surface area contributed by atoms with Gasteiger partial charge in [-0.3, -0.25) is 4.84 Å². The first-order valence-electron chi connectivity index (χ1n) is 4.24. The zero-order valence-corrected chi connectivity index (χ0v) is 8.64. The van der Waals surface area contributed by atoms with E-state index in [4.69, 9.17) is 17.5 Å². The van der Waals surface area contributed by atoms with Crippen LogP contribution in [0.1, 0.15) is 30.9 Å². The summed E-state index contributed by atoms with van der Waals surface area (Å²) in [5, 5.41) is 0.734. The number of halogens is 1. The topological polar surface area (TPSA) is 35.2 Å². The molecule has 0 atom stereocenters. The average Bonchev–Trinajstić information content (AvgIpc) is 2.03. The lowest BCUT2D eigenvalue weighted by molar-refractivity contribution is 0.124. The van der Waals surface area contributed by atoms with Crippen LogP contribution in [-0.2, 0) is 11.4 Å². The van der Waals surface area contributed by atoms with Crippen molar-refractivity contribution in [2.45, 2.75) is 26.4 Å². The van der Waals surface area contributed by atoms with Crippen molar-refractivity contribution in [3.63, 3.8) is 0 Å². The van der Waals surface area contributed by atoms with Crippen molar-refractivity contribution in [2.24, 2.45) is 5.90 Å². The van der Waals surface area contributed by atoms with Gasteiger partial charge < -0.3 is 0 Å². The van der Waals surface area contributed by atoms with Crippen molar-refractivity contribution in [3.8, 4) is 0 Å². The minimum Gasteiger partial charge on any atom is -0.300 e. The van der Waals surface area contributed by atoms with Crippen LogP contribution in [0.25, 0.3) is 0 Å². The molecule has 0 radical (unpaired) electrons. The molecule has 1 rings (SSSR count). The Hall–Kier alpha value is -0.570. The normalized spacial score (nSPS) is 10.8. The van der Waals surface area contributed by atoms with E-state index in [0.717, 1.165) is 10.6 Å². The Balaban J connectivity index is 2.96. The highest BCUT2D eigenvalue weighted by molar-refractivity contribution is 6.30. The Bertz CT molecular complexity index is 286. The summed E-state index contributed by atoms with van der Waals surface area (Å²) >= 11 is 5.93. The second kappa shape index (κ2) is 4.61. The van der Waals surface area contributed by atoms with E-state index in [1.165, 1.54) is 5.56 Å². The minimum absolute atomic E-state index is 0.403. The van der Waals surface area contributed by atoms with Crippen LogP contribution >= 0.6 is 11.6 Å². The summed E-state index contributed by atoms with van der Waals surface area (Å²) in [7, 11) is 0. The molecule has 0 bridgehead atoms. The van der Waals surface area contributed by atoms with E-state index >= 15 is 0 Å². The van der Waals surface area contributed by atoms with Crippen LogP contribution in [0.3, 0.4) is 0 Å². The fourth-order valence-electron chi connectivity index (χ4n) is 1.19. The Morgan fingerprint density at radius 2 is 2.08 bits per heavy atom. The van der Waals surface area contributed by atoms with E-state index in [0.29, 0.717) is 12.5 Å². The molecule has 3 heteroatoms. The van der Waals surface area contributed by atoms with E-state index in [-0.39, 0.29) is 0 Å². The van der Waals surface area contributed by atoms with Crippen LogP contribution in [0.4, 0.5) is 0 Å². The summed E-state index contributed by atoms with van der Waals surface area (Å²) < 4.78 is 0. The third-order valence-electron chi connectivity index (χ3n) is 1.90. The molecule has 72 valence electrons. The van der Waals surface area contributed by atoms with Gasteiger partial charge >= 0.3 is 0 Å². The number of nitrogens with two attached hydrogens (primary N) is 1. The summed E-state index contributed by atoms with van der Waals surface area (Å²) in [5.74, 6) is 5.46. The maximum absolute atomic E-state index is 5.93. The molecular formula is C10H14ClNO. The van der Waals surface area contributed by atoms with Gasteiger partial charge in [-0.1, -0.05) is 31.5 Å². The number of hydrogen-bond donors (Lipinski definition) is 1. The molecule has 0 saturated carbocycles. The van der Waals surface area contributed by atoms with Gasteiger partial charge in [-0.05, 0) is 29.2 Å². The molecule has 1 aromatic rings. The number of hydrogen-bond acceptors (Lipinski definition) is 2. The fourth-order valence-corrected chi connectivity index (χ4v) is 1.45. The molecule has 2 nitrogen and oxygen atoms in total.